The number of halogens is 1. The molecule has 1 aromatic rings. The molecule has 0 aromatic heterocycles. The highest BCUT2D eigenvalue weighted by Gasteiger charge is 2.38. The zero-order valence-corrected chi connectivity index (χ0v) is 16.0. The fourth-order valence-electron chi connectivity index (χ4n) is 3.71. The third-order valence-corrected chi connectivity index (χ3v) is 7.57. The Morgan fingerprint density at radius 3 is 2.22 bits per heavy atom. The zero-order chi connectivity index (χ0) is 19.6. The first-order valence-electron chi connectivity index (χ1n) is 9.08. The van der Waals surface area contributed by atoms with Gasteiger partial charge in [-0.3, -0.25) is 4.79 Å². The highest BCUT2D eigenvalue weighted by molar-refractivity contribution is 7.92. The zero-order valence-electron chi connectivity index (χ0n) is 15.2. The second kappa shape index (κ2) is 7.84. The van der Waals surface area contributed by atoms with Crippen molar-refractivity contribution in [3.8, 4) is 0 Å². The summed E-state index contributed by atoms with van der Waals surface area (Å²) in [5.74, 6) is -0.574. The molecule has 1 aromatic carbocycles. The van der Waals surface area contributed by atoms with Crippen LogP contribution in [0.3, 0.4) is 0 Å². The van der Waals surface area contributed by atoms with E-state index in [2.05, 4.69) is 5.32 Å². The molecule has 0 bridgehead atoms. The molecule has 0 saturated carbocycles. The molecule has 1 N–H and O–H groups in total. The summed E-state index contributed by atoms with van der Waals surface area (Å²) in [6.07, 6.45) is 1.58. The van der Waals surface area contributed by atoms with E-state index < -0.39 is 20.9 Å². The minimum atomic E-state index is -3.61. The van der Waals surface area contributed by atoms with E-state index in [9.17, 15) is 22.4 Å². The number of nitrogens with zero attached hydrogens (tertiary/aromatic N) is 2. The first-order chi connectivity index (χ1) is 12.8. The summed E-state index contributed by atoms with van der Waals surface area (Å²) in [5.41, 5.74) is 0. The second-order valence-corrected chi connectivity index (χ2v) is 9.24. The van der Waals surface area contributed by atoms with Crippen LogP contribution in [0.5, 0.6) is 0 Å². The van der Waals surface area contributed by atoms with E-state index in [4.69, 9.17) is 0 Å². The minimum absolute atomic E-state index is 0.00581. The Bertz CT molecular complexity index is 804. The number of nitrogens with one attached hydrogen (secondary N) is 1. The number of hydrogen-bond donors (Lipinski definition) is 1. The van der Waals surface area contributed by atoms with Crippen molar-refractivity contribution < 1.29 is 22.4 Å². The Hall–Kier alpha value is -2.16. The van der Waals surface area contributed by atoms with E-state index in [0.29, 0.717) is 38.9 Å². The fraction of sp³-hybridized carbons (Fsp3) is 0.556. The van der Waals surface area contributed by atoms with Gasteiger partial charge in [-0.1, -0.05) is 0 Å². The van der Waals surface area contributed by atoms with Crippen molar-refractivity contribution in [2.24, 2.45) is 5.92 Å². The van der Waals surface area contributed by atoms with Crippen LogP contribution in [0, 0.1) is 11.7 Å². The van der Waals surface area contributed by atoms with E-state index in [1.54, 1.807) is 16.8 Å². The van der Waals surface area contributed by atoms with Crippen molar-refractivity contribution >= 4 is 21.8 Å². The molecule has 3 amide bonds. The number of amides is 3. The van der Waals surface area contributed by atoms with Gasteiger partial charge in [-0.05, 0) is 43.5 Å². The van der Waals surface area contributed by atoms with Crippen molar-refractivity contribution in [1.82, 2.24) is 15.1 Å². The maximum Gasteiger partial charge on any atom is 0.320 e. The van der Waals surface area contributed by atoms with Gasteiger partial charge in [0, 0.05) is 39.1 Å². The molecular weight excluding hydrogens is 373 g/mol. The van der Waals surface area contributed by atoms with Gasteiger partial charge in [0.15, 0.2) is 9.84 Å². The topological polar surface area (TPSA) is 86.8 Å². The Morgan fingerprint density at radius 1 is 1.04 bits per heavy atom. The lowest BCUT2D eigenvalue weighted by atomic mass is 9.96. The number of carbonyl (C=O) groups excluding carboxylic acids is 2. The predicted octanol–water partition coefficient (Wildman–Crippen LogP) is 1.25. The minimum Gasteiger partial charge on any atom is -0.359 e. The SMILES string of the molecule is CNC(=O)C1CCN(C(=O)N2CCC(S(=O)(=O)c3ccc(F)cc3)C2)CC1. The Kier molecular flexibility index (Phi) is 5.69. The smallest absolute Gasteiger partial charge is 0.320 e. The predicted molar refractivity (Wildman–Crippen MR) is 97.3 cm³/mol. The largest absolute Gasteiger partial charge is 0.359 e. The summed E-state index contributed by atoms with van der Waals surface area (Å²) in [6, 6.07) is 4.60. The number of likely N-dealkylation sites (tertiary alicyclic amines) is 2. The molecule has 0 radical (unpaired) electrons. The Balaban J connectivity index is 1.60. The van der Waals surface area contributed by atoms with E-state index >= 15 is 0 Å². The first kappa shape index (κ1) is 19.6. The number of piperidine rings is 1. The lowest BCUT2D eigenvalue weighted by molar-refractivity contribution is -0.125. The molecule has 148 valence electrons. The van der Waals surface area contributed by atoms with Gasteiger partial charge in [0.2, 0.25) is 5.91 Å². The summed E-state index contributed by atoms with van der Waals surface area (Å²) in [7, 11) is -2.01. The van der Waals surface area contributed by atoms with Crippen LogP contribution in [0.25, 0.3) is 0 Å². The van der Waals surface area contributed by atoms with Gasteiger partial charge in [-0.2, -0.15) is 0 Å². The number of carbonyl (C=O) groups is 2. The van der Waals surface area contributed by atoms with Crippen LogP contribution in [-0.2, 0) is 14.6 Å². The monoisotopic (exact) mass is 397 g/mol. The van der Waals surface area contributed by atoms with Crippen molar-refractivity contribution in [2.75, 3.05) is 33.2 Å². The maximum absolute atomic E-state index is 13.0. The summed E-state index contributed by atoms with van der Waals surface area (Å²) in [4.78, 5) is 27.7. The van der Waals surface area contributed by atoms with Crippen LogP contribution in [0.4, 0.5) is 9.18 Å². The van der Waals surface area contributed by atoms with Crippen LogP contribution in [-0.4, -0.2) is 68.6 Å². The number of hydrogen-bond acceptors (Lipinski definition) is 4. The number of urea groups is 1. The molecule has 7 nitrogen and oxygen atoms in total. The van der Waals surface area contributed by atoms with Crippen LogP contribution < -0.4 is 5.32 Å². The molecule has 1 unspecified atom stereocenters. The normalized spacial score (nSPS) is 21.3. The highest BCUT2D eigenvalue weighted by atomic mass is 32.2. The van der Waals surface area contributed by atoms with Crippen molar-refractivity contribution in [1.29, 1.82) is 0 Å². The fourth-order valence-corrected chi connectivity index (χ4v) is 5.40. The molecule has 0 spiro atoms. The van der Waals surface area contributed by atoms with Gasteiger partial charge in [0.25, 0.3) is 0 Å². The molecular formula is C18H24FN3O4S. The molecule has 1 atom stereocenters. The summed E-state index contributed by atoms with van der Waals surface area (Å²) < 4.78 is 38.5. The quantitative estimate of drug-likeness (QED) is 0.778. The molecule has 2 fully saturated rings. The molecule has 2 aliphatic rings. The third kappa shape index (κ3) is 4.07. The lowest BCUT2D eigenvalue weighted by Gasteiger charge is -2.34. The second-order valence-electron chi connectivity index (χ2n) is 7.01. The summed E-state index contributed by atoms with van der Waals surface area (Å²) >= 11 is 0. The number of benzene rings is 1. The third-order valence-electron chi connectivity index (χ3n) is 5.38. The van der Waals surface area contributed by atoms with Crippen molar-refractivity contribution in [3.63, 3.8) is 0 Å². The first-order valence-corrected chi connectivity index (χ1v) is 10.6. The average Bonchev–Trinajstić information content (AvgIpc) is 3.18. The molecule has 2 saturated heterocycles. The Labute approximate surface area is 158 Å². The highest BCUT2D eigenvalue weighted by Crippen LogP contribution is 2.26. The maximum atomic E-state index is 13.0. The van der Waals surface area contributed by atoms with E-state index in [-0.39, 0.29) is 29.3 Å². The van der Waals surface area contributed by atoms with E-state index in [0.717, 1.165) is 12.1 Å². The van der Waals surface area contributed by atoms with Gasteiger partial charge < -0.3 is 15.1 Å². The lowest BCUT2D eigenvalue weighted by Crippen LogP contribution is -2.48. The molecule has 3 rings (SSSR count). The van der Waals surface area contributed by atoms with E-state index in [1.807, 2.05) is 0 Å². The molecule has 9 heteroatoms. The van der Waals surface area contributed by atoms with Gasteiger partial charge in [-0.25, -0.2) is 17.6 Å². The van der Waals surface area contributed by atoms with Crippen LogP contribution in [0.2, 0.25) is 0 Å². The average molecular weight is 397 g/mol. The Morgan fingerprint density at radius 2 is 1.63 bits per heavy atom. The molecule has 27 heavy (non-hydrogen) atoms. The van der Waals surface area contributed by atoms with Gasteiger partial charge in [0.05, 0.1) is 10.1 Å². The van der Waals surface area contributed by atoms with Crippen LogP contribution in [0.15, 0.2) is 29.2 Å². The molecule has 0 aliphatic carbocycles. The van der Waals surface area contributed by atoms with Crippen LogP contribution in [0.1, 0.15) is 19.3 Å². The van der Waals surface area contributed by atoms with Gasteiger partial charge in [-0.15, -0.1) is 0 Å². The molecule has 2 heterocycles. The van der Waals surface area contributed by atoms with Crippen LogP contribution >= 0.6 is 0 Å². The van der Waals surface area contributed by atoms with Gasteiger partial charge >= 0.3 is 6.03 Å². The summed E-state index contributed by atoms with van der Waals surface area (Å²) in [5, 5.41) is 1.95. The van der Waals surface area contributed by atoms with Crippen molar-refractivity contribution in [2.45, 2.75) is 29.4 Å². The van der Waals surface area contributed by atoms with Gasteiger partial charge in [0.1, 0.15) is 5.82 Å². The standard InChI is InChI=1S/C18H24FN3O4S/c1-20-17(23)13-6-9-21(10-7-13)18(24)22-11-8-16(12-22)27(25,26)15-4-2-14(19)3-5-15/h2-5,13,16H,6-12H2,1H3,(H,20,23). The number of rotatable bonds is 3. The van der Waals surface area contributed by atoms with Crippen molar-refractivity contribution in [3.05, 3.63) is 30.1 Å². The number of sulfone groups is 1. The van der Waals surface area contributed by atoms with E-state index in [1.165, 1.54) is 12.1 Å². The summed E-state index contributed by atoms with van der Waals surface area (Å²) in [6.45, 7) is 1.48. The molecule has 2 aliphatic heterocycles.